The SMILES string of the molecule is CS(=O)(=O)c1ccc(Oc2cc(F)cc(Cl)c2)c2c1[C@H](O)C(F)(P)C2. The maximum Gasteiger partial charge on any atom is 0.175 e. The first-order chi connectivity index (χ1) is 11.5. The number of ether oxygens (including phenoxy) is 1. The fourth-order valence-corrected chi connectivity index (χ4v) is 4.38. The number of halogens is 3. The summed E-state index contributed by atoms with van der Waals surface area (Å²) >= 11 is 5.78. The van der Waals surface area contributed by atoms with Crippen molar-refractivity contribution in [1.82, 2.24) is 0 Å². The molecule has 0 spiro atoms. The van der Waals surface area contributed by atoms with Crippen molar-refractivity contribution in [2.24, 2.45) is 0 Å². The maximum atomic E-state index is 14.6. The predicted octanol–water partition coefficient (Wildman–Crippen LogP) is 3.81. The molecule has 0 bridgehead atoms. The molecule has 0 saturated heterocycles. The highest BCUT2D eigenvalue weighted by atomic mass is 35.5. The quantitative estimate of drug-likeness (QED) is 0.787. The molecular weight excluding hydrogens is 393 g/mol. The van der Waals surface area contributed by atoms with Gasteiger partial charge in [-0.3, -0.25) is 0 Å². The summed E-state index contributed by atoms with van der Waals surface area (Å²) in [5, 5.41) is 8.23. The van der Waals surface area contributed by atoms with Gasteiger partial charge in [-0.25, -0.2) is 17.2 Å². The minimum absolute atomic E-state index is 0.0417. The lowest BCUT2D eigenvalue weighted by molar-refractivity contribution is 0.0671. The van der Waals surface area contributed by atoms with Crippen molar-refractivity contribution in [2.75, 3.05) is 6.26 Å². The minimum Gasteiger partial charge on any atom is -0.457 e. The van der Waals surface area contributed by atoms with Gasteiger partial charge in [0.05, 0.1) is 4.90 Å². The number of alkyl halides is 1. The van der Waals surface area contributed by atoms with Crippen molar-refractivity contribution in [1.29, 1.82) is 0 Å². The summed E-state index contributed by atoms with van der Waals surface area (Å²) in [6.07, 6.45) is -0.934. The van der Waals surface area contributed by atoms with Crippen LogP contribution in [0, 0.1) is 5.82 Å². The van der Waals surface area contributed by atoms with Crippen LogP contribution in [0.15, 0.2) is 35.2 Å². The van der Waals surface area contributed by atoms with Gasteiger partial charge < -0.3 is 9.84 Å². The van der Waals surface area contributed by atoms with Crippen LogP contribution in [0.4, 0.5) is 8.78 Å². The molecule has 2 unspecified atom stereocenters. The zero-order valence-electron chi connectivity index (χ0n) is 13.0. The van der Waals surface area contributed by atoms with Crippen LogP contribution in [0.2, 0.25) is 5.02 Å². The van der Waals surface area contributed by atoms with Crippen LogP contribution in [0.5, 0.6) is 11.5 Å². The predicted molar refractivity (Wildman–Crippen MR) is 93.2 cm³/mol. The van der Waals surface area contributed by atoms with Crippen molar-refractivity contribution in [2.45, 2.75) is 22.8 Å². The van der Waals surface area contributed by atoms with Gasteiger partial charge in [-0.05, 0) is 24.3 Å². The van der Waals surface area contributed by atoms with E-state index >= 15 is 0 Å². The standard InChI is InChI=1S/C16H14ClF2O4PS/c1-25(21,22)13-3-2-12(11-7-16(19,24)15(20)14(11)13)23-10-5-8(17)4-9(18)6-10/h2-6,15,20H,7,24H2,1H3/t15-,16?/m0/s1. The molecule has 0 radical (unpaired) electrons. The Kier molecular flexibility index (Phi) is 4.57. The third kappa shape index (κ3) is 3.51. The van der Waals surface area contributed by atoms with Crippen molar-refractivity contribution in [3.63, 3.8) is 0 Å². The Labute approximate surface area is 150 Å². The normalized spacial score (nSPS) is 22.7. The Balaban J connectivity index is 2.15. The average Bonchev–Trinajstić information content (AvgIpc) is 2.68. The lowest BCUT2D eigenvalue weighted by atomic mass is 10.1. The van der Waals surface area contributed by atoms with Crippen LogP contribution in [-0.2, 0) is 16.3 Å². The molecule has 134 valence electrons. The molecule has 1 N–H and O–H groups in total. The highest BCUT2D eigenvalue weighted by Gasteiger charge is 2.46. The number of hydrogen-bond donors (Lipinski definition) is 1. The molecule has 3 atom stereocenters. The van der Waals surface area contributed by atoms with Gasteiger partial charge in [0.1, 0.15) is 23.4 Å². The number of hydrogen-bond acceptors (Lipinski definition) is 4. The zero-order valence-corrected chi connectivity index (χ0v) is 15.7. The van der Waals surface area contributed by atoms with Crippen LogP contribution in [0.1, 0.15) is 17.2 Å². The summed E-state index contributed by atoms with van der Waals surface area (Å²) in [5.41, 5.74) is 0.174. The molecule has 0 aliphatic heterocycles. The molecule has 3 rings (SSSR count). The van der Waals surface area contributed by atoms with Crippen LogP contribution < -0.4 is 4.74 Å². The molecule has 2 aromatic rings. The molecule has 9 heteroatoms. The minimum atomic E-state index is -3.69. The molecule has 1 aliphatic rings. The summed E-state index contributed by atoms with van der Waals surface area (Å²) in [7, 11) is -1.79. The second kappa shape index (κ2) is 6.16. The molecule has 25 heavy (non-hydrogen) atoms. The Morgan fingerprint density at radius 3 is 2.64 bits per heavy atom. The number of sulfone groups is 1. The Hall–Kier alpha value is -1.27. The van der Waals surface area contributed by atoms with Crippen LogP contribution in [0.25, 0.3) is 0 Å². The lowest BCUT2D eigenvalue weighted by Crippen LogP contribution is -2.20. The first kappa shape index (κ1) is 18.5. The number of aliphatic hydroxyl groups is 1. The summed E-state index contributed by atoms with van der Waals surface area (Å²) < 4.78 is 57.6. The first-order valence-corrected chi connectivity index (χ1v) is 9.99. The molecule has 0 aromatic heterocycles. The highest BCUT2D eigenvalue weighted by molar-refractivity contribution is 7.90. The van der Waals surface area contributed by atoms with E-state index in [9.17, 15) is 22.3 Å². The van der Waals surface area contributed by atoms with Crippen LogP contribution in [-0.4, -0.2) is 25.2 Å². The molecule has 2 aromatic carbocycles. The van der Waals surface area contributed by atoms with E-state index in [0.717, 1.165) is 18.4 Å². The average molecular weight is 407 g/mol. The van der Waals surface area contributed by atoms with Crippen molar-refractivity contribution >= 4 is 30.7 Å². The fraction of sp³-hybridized carbons (Fsp3) is 0.250. The van der Waals surface area contributed by atoms with Crippen molar-refractivity contribution in [3.8, 4) is 11.5 Å². The zero-order chi connectivity index (χ0) is 18.6. The lowest BCUT2D eigenvalue weighted by Gasteiger charge is -2.18. The van der Waals surface area contributed by atoms with Crippen molar-refractivity contribution < 1.29 is 27.0 Å². The van der Waals surface area contributed by atoms with Gasteiger partial charge in [0, 0.05) is 34.9 Å². The molecule has 0 fully saturated rings. The monoisotopic (exact) mass is 406 g/mol. The summed E-state index contributed by atoms with van der Waals surface area (Å²) in [4.78, 5) is -0.165. The molecule has 0 heterocycles. The van der Waals surface area contributed by atoms with E-state index in [1.54, 1.807) is 0 Å². The number of aliphatic hydroxyl groups excluding tert-OH is 1. The molecule has 0 saturated carbocycles. The first-order valence-electron chi connectivity index (χ1n) is 7.14. The molecule has 4 nitrogen and oxygen atoms in total. The van der Waals surface area contributed by atoms with Gasteiger partial charge in [0.15, 0.2) is 15.2 Å². The Morgan fingerprint density at radius 1 is 1.36 bits per heavy atom. The van der Waals surface area contributed by atoms with E-state index in [-0.39, 0.29) is 39.0 Å². The smallest absolute Gasteiger partial charge is 0.175 e. The van der Waals surface area contributed by atoms with Crippen LogP contribution >= 0.6 is 20.8 Å². The third-order valence-corrected chi connectivity index (χ3v) is 5.81. The Bertz CT molecular complexity index is 943. The maximum absolute atomic E-state index is 14.6. The second-order valence-corrected chi connectivity index (χ2v) is 9.32. The van der Waals surface area contributed by atoms with Gasteiger partial charge in [0.2, 0.25) is 0 Å². The molecule has 0 amide bonds. The summed E-state index contributed by atoms with van der Waals surface area (Å²) in [5.74, 6) is -0.406. The van der Waals surface area contributed by atoms with E-state index in [1.807, 2.05) is 9.24 Å². The number of fused-ring (bicyclic) bond motifs is 1. The number of benzene rings is 2. The fourth-order valence-electron chi connectivity index (χ4n) is 2.85. The highest BCUT2D eigenvalue weighted by Crippen LogP contribution is 2.51. The Morgan fingerprint density at radius 2 is 2.04 bits per heavy atom. The largest absolute Gasteiger partial charge is 0.457 e. The van der Waals surface area contributed by atoms with Gasteiger partial charge in [-0.15, -0.1) is 0 Å². The van der Waals surface area contributed by atoms with Gasteiger partial charge in [0.25, 0.3) is 0 Å². The van der Waals surface area contributed by atoms with E-state index in [4.69, 9.17) is 16.3 Å². The van der Waals surface area contributed by atoms with E-state index in [0.29, 0.717) is 0 Å². The van der Waals surface area contributed by atoms with E-state index in [2.05, 4.69) is 0 Å². The van der Waals surface area contributed by atoms with Gasteiger partial charge in [-0.2, -0.15) is 0 Å². The van der Waals surface area contributed by atoms with Gasteiger partial charge >= 0.3 is 0 Å². The van der Waals surface area contributed by atoms with Gasteiger partial charge in [-0.1, -0.05) is 20.8 Å². The van der Waals surface area contributed by atoms with E-state index < -0.39 is 27.2 Å². The second-order valence-electron chi connectivity index (χ2n) is 5.94. The van der Waals surface area contributed by atoms with E-state index in [1.165, 1.54) is 18.2 Å². The number of rotatable bonds is 3. The molecule has 1 aliphatic carbocycles. The summed E-state index contributed by atoms with van der Waals surface area (Å²) in [6, 6.07) is 6.16. The molecular formula is C16H14ClF2O4PS. The third-order valence-electron chi connectivity index (χ3n) is 3.91. The topological polar surface area (TPSA) is 63.6 Å². The van der Waals surface area contributed by atoms with Crippen LogP contribution in [0.3, 0.4) is 0 Å². The van der Waals surface area contributed by atoms with Crippen molar-refractivity contribution in [3.05, 3.63) is 52.3 Å². The summed E-state index contributed by atoms with van der Waals surface area (Å²) in [6.45, 7) is 0.